The van der Waals surface area contributed by atoms with Crippen molar-refractivity contribution in [3.8, 4) is 0 Å². The summed E-state index contributed by atoms with van der Waals surface area (Å²) in [6, 6.07) is 0. The van der Waals surface area contributed by atoms with Gasteiger partial charge in [0.2, 0.25) is 0 Å². The zero-order chi connectivity index (χ0) is 7.82. The van der Waals surface area contributed by atoms with E-state index < -0.39 is 0 Å². The third-order valence-corrected chi connectivity index (χ3v) is 1.88. The predicted octanol–water partition coefficient (Wildman–Crippen LogP) is 2.65. The molecule has 0 N–H and O–H groups in total. The monoisotopic (exact) mass is 184 g/mol. The maximum atomic E-state index is 5.54. The van der Waals surface area contributed by atoms with Gasteiger partial charge in [-0.25, -0.2) is 0 Å². The highest BCUT2D eigenvalue weighted by Gasteiger charge is 2.03. The lowest BCUT2D eigenvalue weighted by Crippen LogP contribution is -2.17. The van der Waals surface area contributed by atoms with Gasteiger partial charge >= 0.3 is 0 Å². The quantitative estimate of drug-likeness (QED) is 0.456. The van der Waals surface area contributed by atoms with Crippen molar-refractivity contribution in [1.29, 1.82) is 0 Å². The fourth-order valence-electron chi connectivity index (χ4n) is 0.525. The van der Waals surface area contributed by atoms with Crippen LogP contribution in [0.5, 0.6) is 0 Å². The zero-order valence-electron chi connectivity index (χ0n) is 6.28. The molecule has 0 spiro atoms. The topological polar surface area (TPSA) is 9.23 Å². The van der Waals surface area contributed by atoms with Gasteiger partial charge in [0.05, 0.1) is 6.10 Å². The molecule has 0 saturated heterocycles. The number of hydrogen-bond acceptors (Lipinski definition) is 1. The third-order valence-electron chi connectivity index (χ3n) is 1.20. The van der Waals surface area contributed by atoms with Gasteiger partial charge in [0, 0.05) is 18.4 Å². The molecular weight excluding hydrogens is 171 g/mol. The number of ether oxygens (including phenoxy) is 1. The molecule has 0 rings (SSSR count). The van der Waals surface area contributed by atoms with Crippen molar-refractivity contribution in [1.82, 2.24) is 0 Å². The molecule has 0 radical (unpaired) electrons. The zero-order valence-corrected chi connectivity index (χ0v) is 7.79. The molecule has 3 heteroatoms. The van der Waals surface area contributed by atoms with E-state index >= 15 is 0 Å². The minimum absolute atomic E-state index is 0.0369. The van der Waals surface area contributed by atoms with E-state index in [1.165, 1.54) is 0 Å². The maximum absolute atomic E-state index is 5.54. The largest absolute Gasteiger partial charge is 0.376 e. The highest BCUT2D eigenvalue weighted by atomic mass is 35.5. The highest BCUT2D eigenvalue weighted by molar-refractivity contribution is 6.21. The third kappa shape index (κ3) is 5.33. The molecule has 0 saturated carbocycles. The summed E-state index contributed by atoms with van der Waals surface area (Å²) in [5.74, 6) is 0.987. The van der Waals surface area contributed by atoms with Gasteiger partial charge in [-0.05, 0) is 6.42 Å². The molecule has 0 aromatic carbocycles. The van der Waals surface area contributed by atoms with Crippen LogP contribution in [0.25, 0.3) is 0 Å². The molecule has 0 aliphatic heterocycles. The van der Waals surface area contributed by atoms with Gasteiger partial charge in [-0.2, -0.15) is 0 Å². The molecule has 0 aliphatic rings. The van der Waals surface area contributed by atoms with Crippen molar-refractivity contribution in [2.45, 2.75) is 25.9 Å². The number of rotatable bonds is 6. The molecule has 1 nitrogen and oxygen atoms in total. The average Bonchev–Trinajstić information content (AvgIpc) is 1.99. The summed E-state index contributed by atoms with van der Waals surface area (Å²) >= 11 is 11.1. The van der Waals surface area contributed by atoms with E-state index in [4.69, 9.17) is 27.9 Å². The summed E-state index contributed by atoms with van der Waals surface area (Å²) < 4.78 is 5.32. The molecule has 0 aromatic heterocycles. The minimum atomic E-state index is 0.0369. The standard InChI is InChI=1S/C7H14Cl2O/c1-2-3-4-10-7(5-8)6-9/h7H,2-6H2,1H3. The Bertz CT molecular complexity index is 64.6. The lowest BCUT2D eigenvalue weighted by Gasteiger charge is -2.10. The van der Waals surface area contributed by atoms with Crippen LogP contribution in [-0.4, -0.2) is 24.5 Å². The van der Waals surface area contributed by atoms with E-state index in [1.807, 2.05) is 0 Å². The van der Waals surface area contributed by atoms with E-state index in [9.17, 15) is 0 Å². The van der Waals surface area contributed by atoms with Crippen LogP contribution in [0.4, 0.5) is 0 Å². The average molecular weight is 185 g/mol. The van der Waals surface area contributed by atoms with Gasteiger partial charge in [0.15, 0.2) is 0 Å². The smallest absolute Gasteiger partial charge is 0.0845 e. The van der Waals surface area contributed by atoms with Gasteiger partial charge < -0.3 is 4.74 Å². The molecule has 10 heavy (non-hydrogen) atoms. The predicted molar refractivity (Wildman–Crippen MR) is 46.1 cm³/mol. The lowest BCUT2D eigenvalue weighted by atomic mass is 10.3. The lowest BCUT2D eigenvalue weighted by molar-refractivity contribution is 0.0811. The van der Waals surface area contributed by atoms with Crippen molar-refractivity contribution in [3.05, 3.63) is 0 Å². The van der Waals surface area contributed by atoms with E-state index in [0.29, 0.717) is 11.8 Å². The van der Waals surface area contributed by atoms with Crippen LogP contribution in [-0.2, 0) is 4.74 Å². The molecule has 62 valence electrons. The van der Waals surface area contributed by atoms with Crippen molar-refractivity contribution in [3.63, 3.8) is 0 Å². The van der Waals surface area contributed by atoms with Crippen LogP contribution in [0, 0.1) is 0 Å². The Kier molecular flexibility index (Phi) is 8.06. The fraction of sp³-hybridized carbons (Fsp3) is 1.00. The normalized spacial score (nSPS) is 10.8. The molecule has 0 aromatic rings. The minimum Gasteiger partial charge on any atom is -0.376 e. The summed E-state index contributed by atoms with van der Waals surface area (Å²) in [4.78, 5) is 0. The van der Waals surface area contributed by atoms with Gasteiger partial charge in [-0.15, -0.1) is 23.2 Å². The molecule has 0 amide bonds. The molecule has 0 unspecified atom stereocenters. The fourth-order valence-corrected chi connectivity index (χ4v) is 1.03. The van der Waals surface area contributed by atoms with Crippen LogP contribution in [0.15, 0.2) is 0 Å². The summed E-state index contributed by atoms with van der Waals surface area (Å²) in [5, 5.41) is 0. The molecule has 0 fully saturated rings. The SMILES string of the molecule is CCCCOC(CCl)CCl. The van der Waals surface area contributed by atoms with E-state index in [0.717, 1.165) is 19.4 Å². The second-order valence-electron chi connectivity index (χ2n) is 2.15. The first kappa shape index (κ1) is 10.5. The van der Waals surface area contributed by atoms with Gasteiger partial charge in [0.25, 0.3) is 0 Å². The molecule has 0 heterocycles. The van der Waals surface area contributed by atoms with Crippen LogP contribution < -0.4 is 0 Å². The van der Waals surface area contributed by atoms with Crippen molar-refractivity contribution in [2.24, 2.45) is 0 Å². The van der Waals surface area contributed by atoms with Crippen molar-refractivity contribution < 1.29 is 4.74 Å². The maximum Gasteiger partial charge on any atom is 0.0845 e. The van der Waals surface area contributed by atoms with E-state index in [-0.39, 0.29) is 6.10 Å². The van der Waals surface area contributed by atoms with Crippen molar-refractivity contribution in [2.75, 3.05) is 18.4 Å². The first-order chi connectivity index (χ1) is 4.85. The summed E-state index contributed by atoms with van der Waals surface area (Å²) in [6.07, 6.45) is 2.27. The number of alkyl halides is 2. The van der Waals surface area contributed by atoms with Crippen molar-refractivity contribution >= 4 is 23.2 Å². The first-order valence-corrected chi connectivity index (χ1v) is 4.65. The summed E-state index contributed by atoms with van der Waals surface area (Å²) in [5.41, 5.74) is 0. The second kappa shape index (κ2) is 7.64. The Hall–Kier alpha value is 0.540. The summed E-state index contributed by atoms with van der Waals surface area (Å²) in [6.45, 7) is 2.90. The Labute approximate surface area is 72.6 Å². The second-order valence-corrected chi connectivity index (χ2v) is 2.77. The van der Waals surface area contributed by atoms with Crippen LogP contribution in [0.3, 0.4) is 0 Å². The highest BCUT2D eigenvalue weighted by Crippen LogP contribution is 2.00. The number of hydrogen-bond donors (Lipinski definition) is 0. The molecule has 0 atom stereocenters. The van der Waals surface area contributed by atoms with Crippen LogP contribution in [0.1, 0.15) is 19.8 Å². The van der Waals surface area contributed by atoms with E-state index in [1.54, 1.807) is 0 Å². The van der Waals surface area contributed by atoms with Gasteiger partial charge in [-0.3, -0.25) is 0 Å². The first-order valence-electron chi connectivity index (χ1n) is 3.58. The Morgan fingerprint density at radius 1 is 1.30 bits per heavy atom. The Morgan fingerprint density at radius 2 is 1.90 bits per heavy atom. The molecule has 0 bridgehead atoms. The van der Waals surface area contributed by atoms with E-state index in [2.05, 4.69) is 6.92 Å². The van der Waals surface area contributed by atoms with Gasteiger partial charge in [-0.1, -0.05) is 13.3 Å². The Balaban J connectivity index is 3.09. The number of halogens is 2. The van der Waals surface area contributed by atoms with Crippen LogP contribution >= 0.6 is 23.2 Å². The van der Waals surface area contributed by atoms with Gasteiger partial charge in [0.1, 0.15) is 0 Å². The summed E-state index contributed by atoms with van der Waals surface area (Å²) in [7, 11) is 0. The molecular formula is C7H14Cl2O. The van der Waals surface area contributed by atoms with Crippen LogP contribution in [0.2, 0.25) is 0 Å². The number of unbranched alkanes of at least 4 members (excludes halogenated alkanes) is 1. The molecule has 0 aliphatic carbocycles. The Morgan fingerprint density at radius 3 is 2.30 bits per heavy atom.